The van der Waals surface area contributed by atoms with Gasteiger partial charge in [0, 0.05) is 41.4 Å². The van der Waals surface area contributed by atoms with Crippen molar-refractivity contribution in [3.05, 3.63) is 99.2 Å². The maximum Gasteiger partial charge on any atom is 0.306 e. The highest BCUT2D eigenvalue weighted by atomic mass is 35.5. The third-order valence-electron chi connectivity index (χ3n) is 11.0. The molecule has 3 aromatic carbocycles. The average molecular weight is 763 g/mol. The zero-order valence-electron chi connectivity index (χ0n) is 30.8. The van der Waals surface area contributed by atoms with Gasteiger partial charge in [-0.05, 0) is 65.6 Å². The summed E-state index contributed by atoms with van der Waals surface area (Å²) in [5, 5.41) is 17.5. The standard InChI is InChI=1S/C42H49Cl2N3O6/c1-5-25(3)31(40(51)45-23-27-12-14-30(48)15-13-27)20-37(49)42(17-16-36-34(22-42)33-18-29(43)19-35(44)39(33)46-36)47-41(52)32(26(4)6-2)21-38(50)53-24-28-10-8-7-9-11-28/h7-15,18-19,25-26,31-32,46,48H,5-6,16-17,20-24H2,1-4H3,(H,45,51)(H,47,52)/t25?,26?,31-,32-,42-/m0/s1. The molecule has 53 heavy (non-hydrogen) atoms. The van der Waals surface area contributed by atoms with Crippen molar-refractivity contribution in [2.45, 2.75) is 91.3 Å². The number of ether oxygens (including phenoxy) is 1. The summed E-state index contributed by atoms with van der Waals surface area (Å²) >= 11 is 13.0. The van der Waals surface area contributed by atoms with Crippen LogP contribution in [0.1, 0.15) is 82.2 Å². The van der Waals surface area contributed by atoms with Gasteiger partial charge in [0.05, 0.1) is 22.9 Å². The molecule has 0 bridgehead atoms. The summed E-state index contributed by atoms with van der Waals surface area (Å²) in [6.45, 7) is 8.14. The van der Waals surface area contributed by atoms with Crippen molar-refractivity contribution in [2.24, 2.45) is 23.7 Å². The van der Waals surface area contributed by atoms with Gasteiger partial charge in [-0.1, -0.05) is 106 Å². The van der Waals surface area contributed by atoms with Gasteiger partial charge in [-0.2, -0.15) is 0 Å². The summed E-state index contributed by atoms with van der Waals surface area (Å²) in [4.78, 5) is 59.6. The third kappa shape index (κ3) is 9.61. The third-order valence-corrected chi connectivity index (χ3v) is 11.5. The normalized spacial score (nSPS) is 17.6. The number of H-pyrrole nitrogens is 1. The van der Waals surface area contributed by atoms with E-state index in [2.05, 4.69) is 15.6 Å². The number of aromatic amines is 1. The topological polar surface area (TPSA) is 138 Å². The average Bonchev–Trinajstić information content (AvgIpc) is 3.52. The molecule has 4 aromatic rings. The molecule has 5 rings (SSSR count). The van der Waals surface area contributed by atoms with E-state index in [-0.39, 0.29) is 68.1 Å². The van der Waals surface area contributed by atoms with Crippen LogP contribution in [-0.4, -0.2) is 39.2 Å². The zero-order chi connectivity index (χ0) is 38.3. The SMILES string of the molecule is CCC(C)[C@H](CC(=O)[C@]1(NC(=O)[C@@H](CC(=O)OCc2ccccc2)C(C)CC)CCc2[nH]c3c(Cl)cc(Cl)cc3c2C1)C(=O)NCc1ccc(O)cc1. The molecule has 1 aliphatic carbocycles. The molecule has 0 saturated carbocycles. The van der Waals surface area contributed by atoms with Gasteiger partial charge in [-0.3, -0.25) is 19.2 Å². The van der Waals surface area contributed by atoms with Crippen molar-refractivity contribution in [2.75, 3.05) is 0 Å². The van der Waals surface area contributed by atoms with Gasteiger partial charge < -0.3 is 25.5 Å². The number of nitrogens with one attached hydrogen (secondary N) is 3. The number of amides is 2. The molecule has 2 amide bonds. The number of hydrogen-bond donors (Lipinski definition) is 4. The first kappa shape index (κ1) is 39.9. The van der Waals surface area contributed by atoms with Crippen LogP contribution < -0.4 is 10.6 Å². The number of phenols is 1. The number of carbonyl (C=O) groups excluding carboxylic acids is 4. The fourth-order valence-electron chi connectivity index (χ4n) is 7.19. The van der Waals surface area contributed by atoms with Gasteiger partial charge in [0.1, 0.15) is 17.9 Å². The summed E-state index contributed by atoms with van der Waals surface area (Å²) in [6.07, 6.45) is 1.95. The highest BCUT2D eigenvalue weighted by Crippen LogP contribution is 2.40. The molecule has 1 aliphatic rings. The fourth-order valence-corrected chi connectivity index (χ4v) is 7.73. The lowest BCUT2D eigenvalue weighted by molar-refractivity contribution is -0.149. The molecule has 0 radical (unpaired) electrons. The Balaban J connectivity index is 1.44. The molecule has 4 N–H and O–H groups in total. The van der Waals surface area contributed by atoms with Crippen LogP contribution in [0.4, 0.5) is 0 Å². The first-order valence-corrected chi connectivity index (χ1v) is 19.2. The number of esters is 1. The number of phenolic OH excluding ortho intramolecular Hbond substituents is 1. The lowest BCUT2D eigenvalue weighted by Crippen LogP contribution is -2.60. The summed E-state index contributed by atoms with van der Waals surface area (Å²) in [5.74, 6) is -3.01. The summed E-state index contributed by atoms with van der Waals surface area (Å²) in [6, 6.07) is 19.4. The van der Waals surface area contributed by atoms with Gasteiger partial charge in [-0.15, -0.1) is 0 Å². The molecule has 1 heterocycles. The van der Waals surface area contributed by atoms with E-state index in [1.165, 1.54) is 0 Å². The van der Waals surface area contributed by atoms with E-state index < -0.39 is 29.3 Å². The Labute approximate surface area is 321 Å². The first-order valence-electron chi connectivity index (χ1n) is 18.4. The molecule has 0 aliphatic heterocycles. The second-order valence-corrected chi connectivity index (χ2v) is 15.3. The van der Waals surface area contributed by atoms with Crippen LogP contribution in [-0.2, 0) is 49.9 Å². The minimum Gasteiger partial charge on any atom is -0.508 e. The minimum atomic E-state index is -1.36. The van der Waals surface area contributed by atoms with Crippen LogP contribution in [0, 0.1) is 23.7 Å². The Hall–Kier alpha value is -4.34. The Kier molecular flexibility index (Phi) is 13.3. The minimum absolute atomic E-state index is 0.0942. The second-order valence-electron chi connectivity index (χ2n) is 14.5. The molecule has 5 atom stereocenters. The monoisotopic (exact) mass is 761 g/mol. The zero-order valence-corrected chi connectivity index (χ0v) is 32.3. The van der Waals surface area contributed by atoms with Crippen molar-refractivity contribution in [1.82, 2.24) is 15.6 Å². The number of benzene rings is 3. The Bertz CT molecular complexity index is 1930. The number of Topliss-reactive ketones (excluding diaryl/α,β-unsaturated/α-hetero) is 1. The number of halogens is 2. The van der Waals surface area contributed by atoms with Crippen LogP contribution in [0.2, 0.25) is 10.0 Å². The van der Waals surface area contributed by atoms with Crippen molar-refractivity contribution in [3.63, 3.8) is 0 Å². The number of aromatic hydroxyl groups is 1. The maximum absolute atomic E-state index is 14.9. The Morgan fingerprint density at radius 2 is 1.55 bits per heavy atom. The van der Waals surface area contributed by atoms with Gasteiger partial charge in [0.2, 0.25) is 11.8 Å². The van der Waals surface area contributed by atoms with Gasteiger partial charge in [-0.25, -0.2) is 0 Å². The predicted octanol–water partition coefficient (Wildman–Crippen LogP) is 8.26. The number of carbonyl (C=O) groups is 4. The lowest BCUT2D eigenvalue weighted by Gasteiger charge is -2.39. The summed E-state index contributed by atoms with van der Waals surface area (Å²) in [7, 11) is 0. The predicted molar refractivity (Wildman–Crippen MR) is 208 cm³/mol. The van der Waals surface area contributed by atoms with Gasteiger partial charge in [0.15, 0.2) is 5.78 Å². The number of rotatable bonds is 16. The van der Waals surface area contributed by atoms with E-state index >= 15 is 0 Å². The molecule has 11 heteroatoms. The first-order chi connectivity index (χ1) is 25.3. The van der Waals surface area contributed by atoms with Crippen LogP contribution in [0.15, 0.2) is 66.7 Å². The Morgan fingerprint density at radius 3 is 2.21 bits per heavy atom. The molecule has 1 aromatic heterocycles. The van der Waals surface area contributed by atoms with E-state index in [0.717, 1.165) is 27.8 Å². The smallest absolute Gasteiger partial charge is 0.306 e. The number of hydrogen-bond acceptors (Lipinski definition) is 6. The van der Waals surface area contributed by atoms with E-state index in [1.807, 2.05) is 64.1 Å². The van der Waals surface area contributed by atoms with Crippen LogP contribution in [0.25, 0.3) is 10.9 Å². The van der Waals surface area contributed by atoms with E-state index in [1.54, 1.807) is 30.3 Å². The lowest BCUT2D eigenvalue weighted by atomic mass is 9.72. The highest BCUT2D eigenvalue weighted by molar-refractivity contribution is 6.38. The maximum atomic E-state index is 14.9. The Morgan fingerprint density at radius 1 is 0.887 bits per heavy atom. The fraction of sp³-hybridized carbons (Fsp3) is 0.429. The number of fused-ring (bicyclic) bond motifs is 3. The highest BCUT2D eigenvalue weighted by Gasteiger charge is 2.46. The summed E-state index contributed by atoms with van der Waals surface area (Å²) in [5.41, 5.74) is 2.74. The summed E-state index contributed by atoms with van der Waals surface area (Å²) < 4.78 is 5.58. The van der Waals surface area contributed by atoms with Gasteiger partial charge >= 0.3 is 5.97 Å². The van der Waals surface area contributed by atoms with Crippen molar-refractivity contribution in [3.8, 4) is 5.75 Å². The number of aromatic nitrogens is 1. The molecule has 282 valence electrons. The van der Waals surface area contributed by atoms with E-state index in [9.17, 15) is 24.3 Å². The largest absolute Gasteiger partial charge is 0.508 e. The van der Waals surface area contributed by atoms with Crippen LogP contribution in [0.3, 0.4) is 0 Å². The van der Waals surface area contributed by atoms with E-state index in [4.69, 9.17) is 27.9 Å². The molecule has 0 saturated heterocycles. The van der Waals surface area contributed by atoms with Crippen LogP contribution >= 0.6 is 23.2 Å². The molecular weight excluding hydrogens is 713 g/mol. The molecule has 0 fully saturated rings. The quantitative estimate of drug-likeness (QED) is 0.0849. The van der Waals surface area contributed by atoms with E-state index in [0.29, 0.717) is 34.8 Å². The molecule has 0 spiro atoms. The van der Waals surface area contributed by atoms with Gasteiger partial charge in [0.25, 0.3) is 0 Å². The van der Waals surface area contributed by atoms with Crippen LogP contribution in [0.5, 0.6) is 5.75 Å². The van der Waals surface area contributed by atoms with Crippen molar-refractivity contribution < 1.29 is 29.0 Å². The second kappa shape index (κ2) is 17.7. The molecule has 9 nitrogen and oxygen atoms in total. The number of ketones is 1. The number of aryl methyl sites for hydroxylation is 1. The molecule has 2 unspecified atom stereocenters. The van der Waals surface area contributed by atoms with Crippen molar-refractivity contribution >= 4 is 57.7 Å². The van der Waals surface area contributed by atoms with Crippen molar-refractivity contribution in [1.29, 1.82) is 0 Å². The molecular formula is C42H49Cl2N3O6.